The summed E-state index contributed by atoms with van der Waals surface area (Å²) in [5, 5.41) is 17.9. The van der Waals surface area contributed by atoms with Crippen LogP contribution in [-0.4, -0.2) is 16.1 Å². The molecule has 0 bridgehead atoms. The van der Waals surface area contributed by atoms with Crippen molar-refractivity contribution in [3.05, 3.63) is 29.8 Å². The molecule has 0 aromatic heterocycles. The molecule has 1 rings (SSSR count). The monoisotopic (exact) mass is 181 g/mol. The van der Waals surface area contributed by atoms with Gasteiger partial charge in [0.15, 0.2) is 5.78 Å². The molecule has 13 heavy (non-hydrogen) atoms. The van der Waals surface area contributed by atoms with E-state index in [1.54, 1.807) is 18.2 Å². The minimum Gasteiger partial charge on any atom is -0.381 e. The molecule has 1 unspecified atom stereocenters. The predicted molar refractivity (Wildman–Crippen MR) is 47.5 cm³/mol. The molecule has 0 aliphatic rings. The van der Waals surface area contributed by atoms with Crippen molar-refractivity contribution in [3.8, 4) is 0 Å². The normalized spacial score (nSPS) is 12.2. The number of Topliss-reactive ketones (excluding diaryl/α,β-unsaturated/α-hetero) is 1. The van der Waals surface area contributed by atoms with Gasteiger partial charge in [0.1, 0.15) is 6.10 Å². The van der Waals surface area contributed by atoms with Gasteiger partial charge in [-0.3, -0.25) is 15.5 Å². The molecule has 0 fully saturated rings. The molecule has 0 aliphatic carbocycles. The molecule has 0 heterocycles. The predicted octanol–water partition coefficient (Wildman–Crippen LogP) is 1.11. The smallest absolute Gasteiger partial charge is 0.162 e. The van der Waals surface area contributed by atoms with Gasteiger partial charge in [-0.2, -0.15) is 0 Å². The van der Waals surface area contributed by atoms with E-state index in [1.807, 2.05) is 5.48 Å². The number of carbonyl (C=O) groups is 1. The average Bonchev–Trinajstić information content (AvgIpc) is 2.16. The van der Waals surface area contributed by atoms with Gasteiger partial charge in [0.25, 0.3) is 0 Å². The summed E-state index contributed by atoms with van der Waals surface area (Å²) in [7, 11) is 0. The molecule has 1 aromatic carbocycles. The van der Waals surface area contributed by atoms with Crippen molar-refractivity contribution in [1.29, 1.82) is 0 Å². The first-order valence-electron chi connectivity index (χ1n) is 3.83. The third-order valence-corrected chi connectivity index (χ3v) is 1.72. The Morgan fingerprint density at radius 3 is 2.77 bits per heavy atom. The second-order valence-corrected chi connectivity index (χ2v) is 2.75. The molecule has 0 saturated carbocycles. The Morgan fingerprint density at radius 1 is 1.54 bits per heavy atom. The minimum absolute atomic E-state index is 0.324. The number of aliphatic hydroxyl groups is 1. The summed E-state index contributed by atoms with van der Waals surface area (Å²) in [4.78, 5) is 10.8. The minimum atomic E-state index is -1.12. The highest BCUT2D eigenvalue weighted by atomic mass is 16.5. The van der Waals surface area contributed by atoms with Crippen molar-refractivity contribution in [1.82, 2.24) is 0 Å². The van der Waals surface area contributed by atoms with E-state index in [2.05, 4.69) is 0 Å². The molecule has 4 nitrogen and oxygen atoms in total. The number of hydrogen-bond acceptors (Lipinski definition) is 4. The number of benzene rings is 1. The molecule has 70 valence electrons. The number of anilines is 1. The van der Waals surface area contributed by atoms with Crippen molar-refractivity contribution in [2.75, 3.05) is 5.48 Å². The van der Waals surface area contributed by atoms with Gasteiger partial charge in [-0.15, -0.1) is 0 Å². The molecule has 0 radical (unpaired) electrons. The van der Waals surface area contributed by atoms with Gasteiger partial charge in [0.05, 0.1) is 5.69 Å². The molecular weight excluding hydrogens is 170 g/mol. The number of hydrogen-bond donors (Lipinski definition) is 3. The van der Waals surface area contributed by atoms with Crippen molar-refractivity contribution >= 4 is 11.5 Å². The number of carbonyl (C=O) groups excluding carboxylic acids is 1. The van der Waals surface area contributed by atoms with Crippen LogP contribution in [0.4, 0.5) is 5.69 Å². The van der Waals surface area contributed by atoms with Gasteiger partial charge in [0, 0.05) is 0 Å². The van der Waals surface area contributed by atoms with E-state index in [-0.39, 0.29) is 5.78 Å². The van der Waals surface area contributed by atoms with E-state index >= 15 is 0 Å². The fourth-order valence-corrected chi connectivity index (χ4v) is 1.01. The molecule has 0 spiro atoms. The first-order chi connectivity index (χ1) is 6.15. The zero-order valence-corrected chi connectivity index (χ0v) is 7.19. The lowest BCUT2D eigenvalue weighted by Gasteiger charge is -2.07. The lowest BCUT2D eigenvalue weighted by Crippen LogP contribution is -2.07. The average molecular weight is 181 g/mol. The maximum absolute atomic E-state index is 10.8. The topological polar surface area (TPSA) is 69.6 Å². The third kappa shape index (κ3) is 2.27. The Kier molecular flexibility index (Phi) is 3.00. The van der Waals surface area contributed by atoms with Crippen LogP contribution in [0.15, 0.2) is 24.3 Å². The molecular formula is C9H11NO3. The second-order valence-electron chi connectivity index (χ2n) is 2.75. The number of nitrogens with one attached hydrogen (secondary N) is 1. The second kappa shape index (κ2) is 4.02. The zero-order valence-electron chi connectivity index (χ0n) is 7.19. The van der Waals surface area contributed by atoms with Gasteiger partial charge in [-0.1, -0.05) is 12.1 Å². The van der Waals surface area contributed by atoms with Crippen LogP contribution in [0.1, 0.15) is 18.6 Å². The fraction of sp³-hybridized carbons (Fsp3) is 0.222. The number of rotatable bonds is 3. The Hall–Kier alpha value is -1.39. The van der Waals surface area contributed by atoms with E-state index in [0.717, 1.165) is 0 Å². The molecule has 1 aromatic rings. The SMILES string of the molecule is CC(=O)C(O)c1cccc(NO)c1. The van der Waals surface area contributed by atoms with Crippen molar-refractivity contribution in [2.45, 2.75) is 13.0 Å². The highest BCUT2D eigenvalue weighted by molar-refractivity contribution is 5.81. The Morgan fingerprint density at radius 2 is 2.23 bits per heavy atom. The molecule has 1 atom stereocenters. The molecule has 4 heteroatoms. The summed E-state index contributed by atoms with van der Waals surface area (Å²) in [5.74, 6) is -0.324. The lowest BCUT2D eigenvalue weighted by atomic mass is 10.1. The van der Waals surface area contributed by atoms with Gasteiger partial charge in [-0.25, -0.2) is 0 Å². The Balaban J connectivity index is 2.94. The molecule has 0 saturated heterocycles. The van der Waals surface area contributed by atoms with E-state index in [1.165, 1.54) is 13.0 Å². The van der Waals surface area contributed by atoms with E-state index in [0.29, 0.717) is 11.3 Å². The van der Waals surface area contributed by atoms with E-state index < -0.39 is 6.10 Å². The summed E-state index contributed by atoms with van der Waals surface area (Å²) in [5.41, 5.74) is 2.85. The standard InChI is InChI=1S/C9H11NO3/c1-6(11)9(12)7-3-2-4-8(5-7)10-13/h2-5,9-10,12-13H,1H3. The Bertz CT molecular complexity index is 311. The summed E-state index contributed by atoms with van der Waals surface area (Å²) in [6.45, 7) is 1.31. The van der Waals surface area contributed by atoms with Gasteiger partial charge in [-0.05, 0) is 24.6 Å². The molecule has 3 N–H and O–H groups in total. The fourth-order valence-electron chi connectivity index (χ4n) is 1.01. The first kappa shape index (κ1) is 9.70. The van der Waals surface area contributed by atoms with Crippen molar-refractivity contribution in [2.24, 2.45) is 0 Å². The van der Waals surface area contributed by atoms with Gasteiger partial charge < -0.3 is 5.11 Å². The van der Waals surface area contributed by atoms with Crippen LogP contribution >= 0.6 is 0 Å². The van der Waals surface area contributed by atoms with Crippen LogP contribution in [0, 0.1) is 0 Å². The van der Waals surface area contributed by atoms with Crippen LogP contribution in [-0.2, 0) is 4.79 Å². The third-order valence-electron chi connectivity index (χ3n) is 1.72. The maximum Gasteiger partial charge on any atom is 0.162 e. The zero-order chi connectivity index (χ0) is 9.84. The van der Waals surface area contributed by atoms with Gasteiger partial charge in [0.2, 0.25) is 0 Å². The quantitative estimate of drug-likeness (QED) is 0.611. The van der Waals surface area contributed by atoms with Crippen molar-refractivity contribution in [3.63, 3.8) is 0 Å². The highest BCUT2D eigenvalue weighted by Gasteiger charge is 2.12. The summed E-state index contributed by atoms with van der Waals surface area (Å²) < 4.78 is 0. The summed E-state index contributed by atoms with van der Waals surface area (Å²) in [6.07, 6.45) is -1.12. The number of aliphatic hydroxyl groups excluding tert-OH is 1. The largest absolute Gasteiger partial charge is 0.381 e. The van der Waals surface area contributed by atoms with Crippen LogP contribution < -0.4 is 5.48 Å². The lowest BCUT2D eigenvalue weighted by molar-refractivity contribution is -0.125. The van der Waals surface area contributed by atoms with Crippen LogP contribution in [0.25, 0.3) is 0 Å². The van der Waals surface area contributed by atoms with E-state index in [4.69, 9.17) is 5.21 Å². The maximum atomic E-state index is 10.8. The Labute approximate surface area is 75.8 Å². The summed E-state index contributed by atoms with van der Waals surface area (Å²) in [6, 6.07) is 6.38. The number of ketones is 1. The van der Waals surface area contributed by atoms with Crippen molar-refractivity contribution < 1.29 is 15.1 Å². The van der Waals surface area contributed by atoms with Gasteiger partial charge >= 0.3 is 0 Å². The van der Waals surface area contributed by atoms with Crippen LogP contribution in [0.5, 0.6) is 0 Å². The summed E-state index contributed by atoms with van der Waals surface area (Å²) >= 11 is 0. The highest BCUT2D eigenvalue weighted by Crippen LogP contribution is 2.17. The first-order valence-corrected chi connectivity index (χ1v) is 3.83. The molecule has 0 amide bonds. The van der Waals surface area contributed by atoms with E-state index in [9.17, 15) is 9.90 Å². The van der Waals surface area contributed by atoms with Crippen LogP contribution in [0.2, 0.25) is 0 Å². The van der Waals surface area contributed by atoms with Crippen LogP contribution in [0.3, 0.4) is 0 Å². The molecule has 0 aliphatic heterocycles.